The van der Waals surface area contributed by atoms with Gasteiger partial charge < -0.3 is 21.3 Å². The molecule has 0 spiro atoms. The molecule has 5 N–H and O–H groups in total. The average Bonchev–Trinajstić information content (AvgIpc) is 2.39. The van der Waals surface area contributed by atoms with Gasteiger partial charge in [-0.05, 0) is 43.0 Å². The van der Waals surface area contributed by atoms with Crippen LogP contribution in [0.15, 0.2) is 24.3 Å². The van der Waals surface area contributed by atoms with E-state index >= 15 is 0 Å². The predicted octanol–water partition coefficient (Wildman–Crippen LogP) is 1.27. The van der Waals surface area contributed by atoms with Crippen molar-refractivity contribution >= 4 is 6.09 Å². The van der Waals surface area contributed by atoms with Crippen LogP contribution in [-0.2, 0) is 6.61 Å². The van der Waals surface area contributed by atoms with Gasteiger partial charge in [0.1, 0.15) is 0 Å². The molecule has 1 heterocycles. The fourth-order valence-electron chi connectivity index (χ4n) is 2.21. The summed E-state index contributed by atoms with van der Waals surface area (Å²) in [6.45, 7) is 2.37. The molecule has 100 valence electrons. The molecule has 1 saturated heterocycles. The molecule has 1 fully saturated rings. The van der Waals surface area contributed by atoms with Crippen molar-refractivity contribution in [2.45, 2.75) is 25.4 Å². The van der Waals surface area contributed by atoms with Gasteiger partial charge in [-0.3, -0.25) is 0 Å². The summed E-state index contributed by atoms with van der Waals surface area (Å²) in [5.74, 6) is 0.639. The fourth-order valence-corrected chi connectivity index (χ4v) is 2.21. The first-order valence-electron chi connectivity index (χ1n) is 6.03. The minimum absolute atomic E-state index is 0.167. The minimum atomic E-state index is -1.33. The van der Waals surface area contributed by atoms with E-state index in [4.69, 9.17) is 9.90 Å². The Morgan fingerprint density at radius 1 is 1.33 bits per heavy atom. The quantitative estimate of drug-likeness (QED) is 0.637. The van der Waals surface area contributed by atoms with Gasteiger partial charge in [0.2, 0.25) is 0 Å². The van der Waals surface area contributed by atoms with E-state index in [-0.39, 0.29) is 6.61 Å². The Hall–Kier alpha value is -1.59. The summed E-state index contributed by atoms with van der Waals surface area (Å²) in [6, 6.07) is 8.24. The summed E-state index contributed by atoms with van der Waals surface area (Å²) in [7, 11) is 0. The molecule has 0 aliphatic carbocycles. The number of carboxylic acid groups (broad SMARTS) is 1. The van der Waals surface area contributed by atoms with Crippen molar-refractivity contribution < 1.29 is 15.0 Å². The summed E-state index contributed by atoms with van der Waals surface area (Å²) in [5, 5.41) is 19.8. The molecule has 1 amide bonds. The molecule has 5 nitrogen and oxygen atoms in total. The van der Waals surface area contributed by atoms with Crippen LogP contribution in [0.4, 0.5) is 4.79 Å². The van der Waals surface area contributed by atoms with Gasteiger partial charge in [-0.2, -0.15) is 0 Å². The van der Waals surface area contributed by atoms with E-state index in [9.17, 15) is 5.11 Å². The highest BCUT2D eigenvalue weighted by atomic mass is 16.4. The van der Waals surface area contributed by atoms with Crippen molar-refractivity contribution in [3.05, 3.63) is 35.4 Å². The van der Waals surface area contributed by atoms with E-state index < -0.39 is 6.09 Å². The third kappa shape index (κ3) is 4.73. The lowest BCUT2D eigenvalue weighted by Crippen LogP contribution is -2.27. The van der Waals surface area contributed by atoms with Gasteiger partial charge in [-0.15, -0.1) is 0 Å². The molecular formula is C13H20N2O3. The first kappa shape index (κ1) is 14.5. The number of nitrogens with one attached hydrogen (secondary N) is 1. The van der Waals surface area contributed by atoms with Crippen molar-refractivity contribution in [3.63, 3.8) is 0 Å². The number of nitrogens with two attached hydrogens (primary N) is 1. The molecule has 0 saturated carbocycles. The zero-order chi connectivity index (χ0) is 13.4. The fraction of sp³-hybridized carbons (Fsp3) is 0.462. The van der Waals surface area contributed by atoms with E-state index in [1.807, 2.05) is 12.1 Å². The maximum Gasteiger partial charge on any atom is 0.402 e. The average molecular weight is 252 g/mol. The molecular weight excluding hydrogens is 232 g/mol. The summed E-state index contributed by atoms with van der Waals surface area (Å²) in [5.41, 5.74) is 6.47. The van der Waals surface area contributed by atoms with Crippen molar-refractivity contribution in [1.82, 2.24) is 5.32 Å². The Morgan fingerprint density at radius 2 is 1.89 bits per heavy atom. The van der Waals surface area contributed by atoms with E-state index in [0.717, 1.165) is 18.7 Å². The number of benzene rings is 1. The lowest BCUT2D eigenvalue weighted by molar-refractivity contribution is 0.205. The molecule has 0 unspecified atom stereocenters. The van der Waals surface area contributed by atoms with E-state index in [1.54, 1.807) is 0 Å². The van der Waals surface area contributed by atoms with E-state index in [0.29, 0.717) is 5.92 Å². The lowest BCUT2D eigenvalue weighted by atomic mass is 9.87. The standard InChI is InChI=1S/C12H17NO.CH3NO2/c14-9-11-3-1-2-4-12(11)10-5-7-13-8-6-10;2-1(3)4/h1-4,10,13-14H,5-9H2;2H2,(H,3,4). The Labute approximate surface area is 107 Å². The molecule has 2 rings (SSSR count). The van der Waals surface area contributed by atoms with Gasteiger partial charge in [-0.1, -0.05) is 24.3 Å². The van der Waals surface area contributed by atoms with Crippen LogP contribution in [0.3, 0.4) is 0 Å². The lowest BCUT2D eigenvalue weighted by Gasteiger charge is -2.24. The van der Waals surface area contributed by atoms with Crippen LogP contribution in [0, 0.1) is 0 Å². The zero-order valence-corrected chi connectivity index (χ0v) is 10.3. The Morgan fingerprint density at radius 3 is 2.44 bits per heavy atom. The number of amides is 1. The monoisotopic (exact) mass is 252 g/mol. The maximum atomic E-state index is 9.23. The van der Waals surface area contributed by atoms with Crippen LogP contribution < -0.4 is 11.1 Å². The Bertz CT molecular complexity index is 372. The normalized spacial score (nSPS) is 15.6. The topological polar surface area (TPSA) is 95.6 Å². The summed E-state index contributed by atoms with van der Waals surface area (Å²) < 4.78 is 0. The number of hydrogen-bond acceptors (Lipinski definition) is 3. The largest absolute Gasteiger partial charge is 0.465 e. The molecule has 0 radical (unpaired) electrons. The number of aliphatic hydroxyl groups is 1. The van der Waals surface area contributed by atoms with Gasteiger partial charge in [0.05, 0.1) is 6.61 Å². The number of aliphatic hydroxyl groups excluding tert-OH is 1. The van der Waals surface area contributed by atoms with Crippen molar-refractivity contribution in [3.8, 4) is 0 Å². The Balaban J connectivity index is 0.000000357. The second-order valence-electron chi connectivity index (χ2n) is 4.22. The number of carbonyl (C=O) groups is 1. The predicted molar refractivity (Wildman–Crippen MR) is 69.4 cm³/mol. The summed E-state index contributed by atoms with van der Waals surface area (Å²) in [4.78, 5) is 8.78. The maximum absolute atomic E-state index is 9.23. The molecule has 18 heavy (non-hydrogen) atoms. The third-order valence-corrected chi connectivity index (χ3v) is 3.00. The molecule has 5 heteroatoms. The van der Waals surface area contributed by atoms with Gasteiger partial charge in [0, 0.05) is 0 Å². The molecule has 1 aromatic rings. The summed E-state index contributed by atoms with van der Waals surface area (Å²) in [6.07, 6.45) is 1.05. The second-order valence-corrected chi connectivity index (χ2v) is 4.22. The highest BCUT2D eigenvalue weighted by Gasteiger charge is 2.16. The van der Waals surface area contributed by atoms with E-state index in [2.05, 4.69) is 23.2 Å². The van der Waals surface area contributed by atoms with Gasteiger partial charge in [-0.25, -0.2) is 4.79 Å². The molecule has 0 bridgehead atoms. The first-order valence-corrected chi connectivity index (χ1v) is 6.03. The van der Waals surface area contributed by atoms with Crippen LogP contribution >= 0.6 is 0 Å². The highest BCUT2D eigenvalue weighted by molar-refractivity contribution is 5.61. The van der Waals surface area contributed by atoms with Gasteiger partial charge in [0.25, 0.3) is 0 Å². The SMILES string of the molecule is NC(=O)O.OCc1ccccc1C1CCNCC1. The second kappa shape index (κ2) is 7.68. The number of primary amides is 1. The van der Waals surface area contributed by atoms with Crippen LogP contribution in [0.25, 0.3) is 0 Å². The summed E-state index contributed by atoms with van der Waals surface area (Å²) >= 11 is 0. The van der Waals surface area contributed by atoms with Crippen LogP contribution in [-0.4, -0.2) is 29.4 Å². The molecule has 0 atom stereocenters. The molecule has 1 aromatic carbocycles. The van der Waals surface area contributed by atoms with Crippen molar-refractivity contribution in [2.24, 2.45) is 5.73 Å². The number of hydrogen-bond donors (Lipinski definition) is 4. The first-order chi connectivity index (χ1) is 8.65. The van der Waals surface area contributed by atoms with Gasteiger partial charge in [0.15, 0.2) is 0 Å². The number of piperidine rings is 1. The van der Waals surface area contributed by atoms with Crippen LogP contribution in [0.5, 0.6) is 0 Å². The van der Waals surface area contributed by atoms with Crippen LogP contribution in [0.1, 0.15) is 29.9 Å². The Kier molecular flexibility index (Phi) is 6.18. The molecule has 1 aliphatic rings. The third-order valence-electron chi connectivity index (χ3n) is 3.00. The molecule has 1 aliphatic heterocycles. The smallest absolute Gasteiger partial charge is 0.402 e. The van der Waals surface area contributed by atoms with Gasteiger partial charge >= 0.3 is 6.09 Å². The van der Waals surface area contributed by atoms with Crippen molar-refractivity contribution in [2.75, 3.05) is 13.1 Å². The number of rotatable bonds is 2. The molecule has 0 aromatic heterocycles. The van der Waals surface area contributed by atoms with Crippen molar-refractivity contribution in [1.29, 1.82) is 0 Å². The van der Waals surface area contributed by atoms with Crippen LogP contribution in [0.2, 0.25) is 0 Å². The minimum Gasteiger partial charge on any atom is -0.465 e. The zero-order valence-electron chi connectivity index (χ0n) is 10.3. The highest BCUT2D eigenvalue weighted by Crippen LogP contribution is 2.27. The van der Waals surface area contributed by atoms with E-state index in [1.165, 1.54) is 18.4 Å².